The average Bonchev–Trinajstić information content (AvgIpc) is 3.36. The van der Waals surface area contributed by atoms with Crippen molar-refractivity contribution in [3.8, 4) is 11.3 Å². The number of rotatable bonds is 1. The Hall–Kier alpha value is -4.76. The first-order valence-corrected chi connectivity index (χ1v) is 11.8. The fraction of sp³-hybridized carbons (Fsp3) is 0. The standard InChI is InChI=1S/C32H19N3/c1-2-9-24-23(8-1)26-10-3-6-20-12-13-21-7-4-11-27(31(21)30(20)26)25-15-14-22(18-28(24)25)29-19-35-17-5-16-33-32(35)34-29/h1-19H. The Labute approximate surface area is 200 Å². The van der Waals surface area contributed by atoms with Gasteiger partial charge < -0.3 is 0 Å². The van der Waals surface area contributed by atoms with Gasteiger partial charge in [-0.2, -0.15) is 0 Å². The zero-order valence-electron chi connectivity index (χ0n) is 18.8. The highest BCUT2D eigenvalue weighted by Gasteiger charge is 2.13. The van der Waals surface area contributed by atoms with E-state index in [1.54, 1.807) is 6.20 Å². The Morgan fingerprint density at radius 1 is 0.543 bits per heavy atom. The molecule has 3 nitrogen and oxygen atoms in total. The summed E-state index contributed by atoms with van der Waals surface area (Å²) in [6.07, 6.45) is 5.82. The summed E-state index contributed by atoms with van der Waals surface area (Å²) < 4.78 is 1.97. The summed E-state index contributed by atoms with van der Waals surface area (Å²) in [7, 11) is 0. The van der Waals surface area contributed by atoms with Gasteiger partial charge in [0.05, 0.1) is 5.69 Å². The van der Waals surface area contributed by atoms with Crippen LogP contribution in [0.1, 0.15) is 0 Å². The Morgan fingerprint density at radius 3 is 1.91 bits per heavy atom. The first-order valence-electron chi connectivity index (χ1n) is 11.8. The number of hydrogen-bond donors (Lipinski definition) is 0. The lowest BCUT2D eigenvalue weighted by atomic mass is 9.90. The normalized spacial score (nSPS) is 12.0. The molecule has 0 N–H and O–H groups in total. The number of imidazole rings is 1. The van der Waals surface area contributed by atoms with Crippen LogP contribution in [-0.2, 0) is 0 Å². The predicted molar refractivity (Wildman–Crippen MR) is 146 cm³/mol. The van der Waals surface area contributed by atoms with Crippen LogP contribution in [0.4, 0.5) is 0 Å². The maximum Gasteiger partial charge on any atom is 0.234 e. The minimum Gasteiger partial charge on any atom is -0.291 e. The Bertz CT molecular complexity index is 2090. The number of aromatic nitrogens is 3. The van der Waals surface area contributed by atoms with Gasteiger partial charge in [0, 0.05) is 24.2 Å². The van der Waals surface area contributed by atoms with Gasteiger partial charge in [-0.15, -0.1) is 0 Å². The zero-order valence-corrected chi connectivity index (χ0v) is 18.8. The first kappa shape index (κ1) is 18.6. The molecule has 0 fully saturated rings. The van der Waals surface area contributed by atoms with Gasteiger partial charge in [0.15, 0.2) is 0 Å². The molecule has 2 heterocycles. The van der Waals surface area contributed by atoms with Gasteiger partial charge in [-0.25, -0.2) is 9.97 Å². The minimum absolute atomic E-state index is 0.708. The number of hydrogen-bond acceptors (Lipinski definition) is 2. The largest absolute Gasteiger partial charge is 0.291 e. The molecule has 0 saturated carbocycles. The van der Waals surface area contributed by atoms with Crippen molar-refractivity contribution in [2.24, 2.45) is 0 Å². The van der Waals surface area contributed by atoms with Crippen molar-refractivity contribution in [2.75, 3.05) is 0 Å². The molecule has 8 aromatic rings. The molecule has 0 aliphatic heterocycles. The van der Waals surface area contributed by atoms with Crippen LogP contribution in [0.5, 0.6) is 0 Å². The molecule has 35 heavy (non-hydrogen) atoms. The molecule has 162 valence electrons. The second kappa shape index (κ2) is 6.87. The van der Waals surface area contributed by atoms with Crippen molar-refractivity contribution in [2.45, 2.75) is 0 Å². The van der Waals surface area contributed by atoms with E-state index in [0.29, 0.717) is 5.78 Å². The van der Waals surface area contributed by atoms with Gasteiger partial charge in [0.1, 0.15) is 0 Å². The van der Waals surface area contributed by atoms with E-state index < -0.39 is 0 Å². The monoisotopic (exact) mass is 445 g/mol. The maximum absolute atomic E-state index is 4.79. The van der Waals surface area contributed by atoms with Gasteiger partial charge in [-0.1, -0.05) is 84.9 Å². The SMILES string of the molecule is c1ccc2c(c1)c1cc(-c3cn4cccnc4n3)ccc1c1cccc3ccc4cccc2c4c31. The van der Waals surface area contributed by atoms with E-state index in [9.17, 15) is 0 Å². The zero-order chi connectivity index (χ0) is 22.9. The number of fused-ring (bicyclic) bond motifs is 6. The summed E-state index contributed by atoms with van der Waals surface area (Å²) in [6, 6.07) is 35.3. The quantitative estimate of drug-likeness (QED) is 0.239. The lowest BCUT2D eigenvalue weighted by Gasteiger charge is -2.14. The van der Waals surface area contributed by atoms with Gasteiger partial charge in [0.25, 0.3) is 0 Å². The molecule has 8 rings (SSSR count). The van der Waals surface area contributed by atoms with Crippen LogP contribution in [0.3, 0.4) is 0 Å². The molecule has 3 heteroatoms. The van der Waals surface area contributed by atoms with Crippen LogP contribution in [0.25, 0.3) is 70.9 Å². The van der Waals surface area contributed by atoms with Crippen LogP contribution in [-0.4, -0.2) is 14.4 Å². The summed E-state index contributed by atoms with van der Waals surface area (Å²) in [6.45, 7) is 0. The molecule has 0 unspecified atom stereocenters. The third kappa shape index (κ3) is 2.61. The average molecular weight is 446 g/mol. The summed E-state index contributed by atoms with van der Waals surface area (Å²) in [4.78, 5) is 9.19. The molecule has 0 spiro atoms. The van der Waals surface area contributed by atoms with Gasteiger partial charge >= 0.3 is 0 Å². The van der Waals surface area contributed by atoms with Gasteiger partial charge in [-0.05, 0) is 66.0 Å². The third-order valence-corrected chi connectivity index (χ3v) is 7.23. The fourth-order valence-electron chi connectivity index (χ4n) is 5.69. The highest BCUT2D eigenvalue weighted by molar-refractivity contribution is 6.32. The van der Waals surface area contributed by atoms with E-state index in [1.807, 2.05) is 16.7 Å². The lowest BCUT2D eigenvalue weighted by Crippen LogP contribution is -1.86. The van der Waals surface area contributed by atoms with E-state index in [4.69, 9.17) is 4.98 Å². The highest BCUT2D eigenvalue weighted by Crippen LogP contribution is 2.40. The molecule has 2 aromatic heterocycles. The third-order valence-electron chi connectivity index (χ3n) is 7.23. The van der Waals surface area contributed by atoms with Crippen LogP contribution < -0.4 is 0 Å². The van der Waals surface area contributed by atoms with Crippen molar-refractivity contribution in [3.05, 3.63) is 116 Å². The topological polar surface area (TPSA) is 30.2 Å². The predicted octanol–water partition coefficient (Wildman–Crippen LogP) is 8.16. The number of nitrogens with zero attached hydrogens (tertiary/aromatic N) is 3. The van der Waals surface area contributed by atoms with Crippen LogP contribution >= 0.6 is 0 Å². The van der Waals surface area contributed by atoms with Crippen LogP contribution in [0.15, 0.2) is 116 Å². The second-order valence-electron chi connectivity index (χ2n) is 9.13. The fourth-order valence-corrected chi connectivity index (χ4v) is 5.69. The van der Waals surface area contributed by atoms with E-state index in [0.717, 1.165) is 11.3 Å². The van der Waals surface area contributed by atoms with Crippen molar-refractivity contribution in [1.29, 1.82) is 0 Å². The van der Waals surface area contributed by atoms with Crippen molar-refractivity contribution in [1.82, 2.24) is 14.4 Å². The molecule has 0 radical (unpaired) electrons. The number of benzene rings is 5. The summed E-state index contributed by atoms with van der Waals surface area (Å²) in [5.74, 6) is 0.708. The van der Waals surface area contributed by atoms with E-state index >= 15 is 0 Å². The summed E-state index contributed by atoms with van der Waals surface area (Å²) in [5.41, 5.74) is 2.01. The maximum atomic E-state index is 4.79. The van der Waals surface area contributed by atoms with E-state index in [1.165, 1.54) is 53.9 Å². The van der Waals surface area contributed by atoms with Gasteiger partial charge in [0.2, 0.25) is 5.78 Å². The van der Waals surface area contributed by atoms with Gasteiger partial charge in [-0.3, -0.25) is 4.40 Å². The molecule has 6 aromatic carbocycles. The Balaban J connectivity index is 1.62. The van der Waals surface area contributed by atoms with E-state index in [2.05, 4.69) is 102 Å². The summed E-state index contributed by atoms with van der Waals surface area (Å²) >= 11 is 0. The molecule has 0 atom stereocenters. The lowest BCUT2D eigenvalue weighted by molar-refractivity contribution is 1.11. The molecule has 0 aliphatic rings. The summed E-state index contributed by atoms with van der Waals surface area (Å²) in [5, 5.41) is 12.7. The molecular formula is C32H19N3. The van der Waals surface area contributed by atoms with Crippen molar-refractivity contribution < 1.29 is 0 Å². The van der Waals surface area contributed by atoms with Crippen molar-refractivity contribution in [3.63, 3.8) is 0 Å². The minimum atomic E-state index is 0.708. The Kier molecular flexibility index (Phi) is 3.66. The molecule has 0 aliphatic carbocycles. The molecule has 0 bridgehead atoms. The Morgan fingerprint density at radius 2 is 1.20 bits per heavy atom. The highest BCUT2D eigenvalue weighted by atomic mass is 15.1. The smallest absolute Gasteiger partial charge is 0.234 e. The molecular weight excluding hydrogens is 426 g/mol. The van der Waals surface area contributed by atoms with E-state index in [-0.39, 0.29) is 0 Å². The molecule has 0 amide bonds. The first-order chi connectivity index (χ1) is 17.3. The van der Waals surface area contributed by atoms with Crippen LogP contribution in [0, 0.1) is 0 Å². The van der Waals surface area contributed by atoms with Crippen LogP contribution in [0.2, 0.25) is 0 Å². The molecule has 0 saturated heterocycles. The second-order valence-corrected chi connectivity index (χ2v) is 9.13. The van der Waals surface area contributed by atoms with Crippen molar-refractivity contribution >= 4 is 59.6 Å².